The Bertz CT molecular complexity index is 982. The molecule has 2 N–H and O–H groups in total. The summed E-state index contributed by atoms with van der Waals surface area (Å²) < 4.78 is 4.91. The maximum Gasteiger partial charge on any atom is 0.306 e. The first-order valence-corrected chi connectivity index (χ1v) is 9.72. The van der Waals surface area contributed by atoms with Gasteiger partial charge in [0, 0.05) is 35.3 Å². The van der Waals surface area contributed by atoms with Crippen LogP contribution in [0.1, 0.15) is 53.8 Å². The highest BCUT2D eigenvalue weighted by molar-refractivity contribution is 5.98. The fraction of sp³-hybridized carbons (Fsp3) is 0.261. The van der Waals surface area contributed by atoms with Crippen molar-refractivity contribution < 1.29 is 28.7 Å². The minimum Gasteiger partial charge on any atom is -0.456 e. The molecule has 0 aliphatic heterocycles. The van der Waals surface area contributed by atoms with Gasteiger partial charge in [0.2, 0.25) is 5.91 Å². The molecule has 0 atom stereocenters. The SMILES string of the molecule is CC(=O)c1ccc(NC(=O)CCCC(=O)OCC(=O)Nc2cccc(C(C)=O)c2)cc1. The van der Waals surface area contributed by atoms with E-state index >= 15 is 0 Å². The predicted molar refractivity (Wildman–Crippen MR) is 115 cm³/mol. The van der Waals surface area contributed by atoms with E-state index < -0.39 is 18.5 Å². The van der Waals surface area contributed by atoms with Crippen molar-refractivity contribution in [2.45, 2.75) is 33.1 Å². The molecule has 0 aliphatic rings. The molecule has 0 heterocycles. The molecule has 162 valence electrons. The summed E-state index contributed by atoms with van der Waals surface area (Å²) in [5, 5.41) is 5.23. The van der Waals surface area contributed by atoms with Gasteiger partial charge in [-0.05, 0) is 56.7 Å². The Morgan fingerprint density at radius 2 is 1.39 bits per heavy atom. The van der Waals surface area contributed by atoms with Gasteiger partial charge in [-0.2, -0.15) is 0 Å². The van der Waals surface area contributed by atoms with Crippen LogP contribution in [0.5, 0.6) is 0 Å². The molecular formula is C23H24N2O6. The first-order valence-electron chi connectivity index (χ1n) is 9.72. The van der Waals surface area contributed by atoms with Crippen molar-refractivity contribution in [1.82, 2.24) is 0 Å². The molecule has 0 saturated heterocycles. The minimum absolute atomic E-state index is 0.0101. The first kappa shape index (κ1) is 23.5. The molecule has 2 amide bonds. The van der Waals surface area contributed by atoms with E-state index in [1.54, 1.807) is 42.5 Å². The van der Waals surface area contributed by atoms with Crippen molar-refractivity contribution in [3.8, 4) is 0 Å². The summed E-state index contributed by atoms with van der Waals surface area (Å²) in [6.07, 6.45) is 0.357. The van der Waals surface area contributed by atoms with Crippen LogP contribution in [0.3, 0.4) is 0 Å². The zero-order chi connectivity index (χ0) is 22.8. The third-order valence-corrected chi connectivity index (χ3v) is 4.28. The topological polar surface area (TPSA) is 119 Å². The van der Waals surface area contributed by atoms with Gasteiger partial charge in [0.1, 0.15) is 0 Å². The molecule has 0 fully saturated rings. The number of hydrogen-bond acceptors (Lipinski definition) is 6. The van der Waals surface area contributed by atoms with E-state index in [1.807, 2.05) is 0 Å². The number of esters is 1. The third kappa shape index (κ3) is 8.22. The van der Waals surface area contributed by atoms with Crippen molar-refractivity contribution in [1.29, 1.82) is 0 Å². The van der Waals surface area contributed by atoms with Crippen LogP contribution in [-0.4, -0.2) is 36.0 Å². The Labute approximate surface area is 180 Å². The largest absolute Gasteiger partial charge is 0.456 e. The lowest BCUT2D eigenvalue weighted by Crippen LogP contribution is -2.21. The highest BCUT2D eigenvalue weighted by atomic mass is 16.5. The third-order valence-electron chi connectivity index (χ3n) is 4.28. The van der Waals surface area contributed by atoms with Gasteiger partial charge in [0.15, 0.2) is 18.2 Å². The number of ether oxygens (including phenoxy) is 1. The number of anilines is 2. The lowest BCUT2D eigenvalue weighted by molar-refractivity contribution is -0.147. The second-order valence-corrected chi connectivity index (χ2v) is 6.88. The number of carbonyl (C=O) groups excluding carboxylic acids is 5. The molecule has 2 aromatic rings. The van der Waals surface area contributed by atoms with E-state index in [2.05, 4.69) is 10.6 Å². The summed E-state index contributed by atoms with van der Waals surface area (Å²) in [6.45, 7) is 2.42. The number of benzene rings is 2. The quantitative estimate of drug-likeness (QED) is 0.446. The Hall–Kier alpha value is -3.81. The Balaban J connectivity index is 1.66. The van der Waals surface area contributed by atoms with Gasteiger partial charge in [-0.3, -0.25) is 24.0 Å². The number of carbonyl (C=O) groups is 5. The van der Waals surface area contributed by atoms with Gasteiger partial charge in [-0.15, -0.1) is 0 Å². The van der Waals surface area contributed by atoms with Gasteiger partial charge in [-0.25, -0.2) is 0 Å². The number of ketones is 2. The molecule has 8 heteroatoms. The fourth-order valence-electron chi connectivity index (χ4n) is 2.64. The van der Waals surface area contributed by atoms with E-state index in [4.69, 9.17) is 4.74 Å². The minimum atomic E-state index is -0.591. The van der Waals surface area contributed by atoms with Crippen molar-refractivity contribution in [2.24, 2.45) is 0 Å². The van der Waals surface area contributed by atoms with Crippen molar-refractivity contribution in [3.05, 3.63) is 59.7 Å². The van der Waals surface area contributed by atoms with Gasteiger partial charge in [0.05, 0.1) is 0 Å². The van der Waals surface area contributed by atoms with E-state index in [0.717, 1.165) is 0 Å². The van der Waals surface area contributed by atoms with Crippen LogP contribution < -0.4 is 10.6 Å². The van der Waals surface area contributed by atoms with Crippen molar-refractivity contribution in [3.63, 3.8) is 0 Å². The van der Waals surface area contributed by atoms with E-state index in [0.29, 0.717) is 22.5 Å². The smallest absolute Gasteiger partial charge is 0.306 e. The number of nitrogens with one attached hydrogen (secondary N) is 2. The Kier molecular flexibility index (Phi) is 8.63. The normalized spacial score (nSPS) is 10.1. The lowest BCUT2D eigenvalue weighted by atomic mass is 10.1. The van der Waals surface area contributed by atoms with Crippen LogP contribution in [0, 0.1) is 0 Å². The highest BCUT2D eigenvalue weighted by Crippen LogP contribution is 2.12. The standard InChI is InChI=1S/C23H24N2O6/c1-15(26)17-9-11-19(12-10-17)24-21(28)7-4-8-23(30)31-14-22(29)25-20-6-3-5-18(13-20)16(2)27/h3,5-6,9-13H,4,7-8,14H2,1-2H3,(H,24,28)(H,25,29). The molecule has 2 aromatic carbocycles. The van der Waals surface area contributed by atoms with Gasteiger partial charge < -0.3 is 15.4 Å². The molecule has 0 radical (unpaired) electrons. The summed E-state index contributed by atoms with van der Waals surface area (Å²) in [6, 6.07) is 12.9. The van der Waals surface area contributed by atoms with E-state index in [-0.39, 0.29) is 36.7 Å². The summed E-state index contributed by atoms with van der Waals surface area (Å²) >= 11 is 0. The van der Waals surface area contributed by atoms with Crippen LogP contribution in [0.4, 0.5) is 11.4 Å². The molecule has 0 aromatic heterocycles. The molecule has 0 unspecified atom stereocenters. The van der Waals surface area contributed by atoms with Gasteiger partial charge in [0.25, 0.3) is 5.91 Å². The molecule has 31 heavy (non-hydrogen) atoms. The van der Waals surface area contributed by atoms with Crippen molar-refractivity contribution >= 4 is 40.7 Å². The average Bonchev–Trinajstić information content (AvgIpc) is 2.73. The molecule has 2 rings (SSSR count). The van der Waals surface area contributed by atoms with Crippen LogP contribution >= 0.6 is 0 Å². The zero-order valence-corrected chi connectivity index (χ0v) is 17.4. The average molecular weight is 424 g/mol. The summed E-state index contributed by atoms with van der Waals surface area (Å²) in [5.41, 5.74) is 2.00. The maximum atomic E-state index is 11.9. The monoisotopic (exact) mass is 424 g/mol. The maximum absolute atomic E-state index is 11.9. The van der Waals surface area contributed by atoms with E-state index in [9.17, 15) is 24.0 Å². The fourth-order valence-corrected chi connectivity index (χ4v) is 2.64. The number of hydrogen-bond donors (Lipinski definition) is 2. The molecule has 0 saturated carbocycles. The summed E-state index contributed by atoms with van der Waals surface area (Å²) in [5.74, 6) is -1.58. The Morgan fingerprint density at radius 3 is 2.03 bits per heavy atom. The number of rotatable bonds is 10. The van der Waals surface area contributed by atoms with Crippen molar-refractivity contribution in [2.75, 3.05) is 17.2 Å². The summed E-state index contributed by atoms with van der Waals surface area (Å²) in [4.78, 5) is 58.2. The summed E-state index contributed by atoms with van der Waals surface area (Å²) in [7, 11) is 0. The Morgan fingerprint density at radius 1 is 0.742 bits per heavy atom. The second kappa shape index (κ2) is 11.4. The van der Waals surface area contributed by atoms with Crippen LogP contribution in [0.15, 0.2) is 48.5 Å². The number of amides is 2. The van der Waals surface area contributed by atoms with Crippen LogP contribution in [0.25, 0.3) is 0 Å². The predicted octanol–water partition coefficient (Wildman–Crippen LogP) is 3.38. The number of Topliss-reactive ketones (excluding diaryl/α,β-unsaturated/α-hetero) is 2. The molecular weight excluding hydrogens is 400 g/mol. The molecule has 8 nitrogen and oxygen atoms in total. The lowest BCUT2D eigenvalue weighted by Gasteiger charge is -2.08. The van der Waals surface area contributed by atoms with E-state index in [1.165, 1.54) is 19.9 Å². The zero-order valence-electron chi connectivity index (χ0n) is 17.4. The van der Waals surface area contributed by atoms with Crippen LogP contribution in [0.2, 0.25) is 0 Å². The highest BCUT2D eigenvalue weighted by Gasteiger charge is 2.10. The molecule has 0 aliphatic carbocycles. The second-order valence-electron chi connectivity index (χ2n) is 6.88. The van der Waals surface area contributed by atoms with Gasteiger partial charge >= 0.3 is 5.97 Å². The first-order chi connectivity index (χ1) is 14.7. The van der Waals surface area contributed by atoms with Gasteiger partial charge in [-0.1, -0.05) is 12.1 Å². The molecule has 0 spiro atoms. The molecule has 0 bridgehead atoms. The van der Waals surface area contributed by atoms with Crippen LogP contribution in [-0.2, 0) is 19.1 Å².